The largest absolute Gasteiger partial charge is 0.322 e. The van der Waals surface area contributed by atoms with E-state index in [1.807, 2.05) is 11.9 Å². The number of non-ortho nitro benzene ring substituents is 1. The second kappa shape index (κ2) is 8.57. The SMILES string of the molecule is CN1CCN(S(=O)(=O)c2cc(C(=O)Nc3cccc([N+](=O)[O-])c3)ccc2Br)CC1. The zero-order valence-electron chi connectivity index (χ0n) is 15.5. The van der Waals surface area contributed by atoms with Gasteiger partial charge in [-0.3, -0.25) is 14.9 Å². The first kappa shape index (κ1) is 21.4. The highest BCUT2D eigenvalue weighted by Gasteiger charge is 2.29. The summed E-state index contributed by atoms with van der Waals surface area (Å²) in [6, 6.07) is 9.83. The molecule has 1 N–H and O–H groups in total. The number of sulfonamides is 1. The fourth-order valence-electron chi connectivity index (χ4n) is 2.91. The normalized spacial score (nSPS) is 15.8. The summed E-state index contributed by atoms with van der Waals surface area (Å²) in [6.45, 7) is 2.00. The van der Waals surface area contributed by atoms with Crippen LogP contribution in [0.3, 0.4) is 0 Å². The Morgan fingerprint density at radius 2 is 1.83 bits per heavy atom. The van der Waals surface area contributed by atoms with Gasteiger partial charge in [0.25, 0.3) is 11.6 Å². The van der Waals surface area contributed by atoms with Crippen molar-refractivity contribution in [3.05, 3.63) is 62.6 Å². The molecule has 154 valence electrons. The summed E-state index contributed by atoms with van der Waals surface area (Å²) in [5, 5.41) is 13.4. The van der Waals surface area contributed by atoms with E-state index in [2.05, 4.69) is 21.2 Å². The topological polar surface area (TPSA) is 113 Å². The highest BCUT2D eigenvalue weighted by molar-refractivity contribution is 9.10. The molecule has 2 aromatic rings. The fraction of sp³-hybridized carbons (Fsp3) is 0.278. The molecule has 2 aromatic carbocycles. The predicted molar refractivity (Wildman–Crippen MR) is 111 cm³/mol. The van der Waals surface area contributed by atoms with E-state index in [1.54, 1.807) is 0 Å². The van der Waals surface area contributed by atoms with Gasteiger partial charge in [0.1, 0.15) is 0 Å². The molecule has 0 atom stereocenters. The van der Waals surface area contributed by atoms with Crippen LogP contribution in [0.25, 0.3) is 0 Å². The maximum Gasteiger partial charge on any atom is 0.271 e. The van der Waals surface area contributed by atoms with Crippen LogP contribution >= 0.6 is 15.9 Å². The molecule has 1 saturated heterocycles. The number of benzene rings is 2. The Hall–Kier alpha value is -2.34. The summed E-state index contributed by atoms with van der Waals surface area (Å²) >= 11 is 3.26. The van der Waals surface area contributed by atoms with Crippen molar-refractivity contribution in [2.24, 2.45) is 0 Å². The standard InChI is InChI=1S/C18H19BrN4O5S/c1-21-7-9-22(10-8-21)29(27,28)17-11-13(5-6-16(17)19)18(24)20-14-3-2-4-15(12-14)23(25)26/h2-6,11-12H,7-10H2,1H3,(H,20,24). The number of anilines is 1. The molecule has 9 nitrogen and oxygen atoms in total. The maximum atomic E-state index is 13.0. The minimum Gasteiger partial charge on any atom is -0.322 e. The summed E-state index contributed by atoms with van der Waals surface area (Å²) in [5.74, 6) is -0.562. The summed E-state index contributed by atoms with van der Waals surface area (Å²) < 4.78 is 27.8. The van der Waals surface area contributed by atoms with E-state index in [4.69, 9.17) is 0 Å². The number of nitrogens with one attached hydrogen (secondary N) is 1. The number of carbonyl (C=O) groups is 1. The third-order valence-electron chi connectivity index (χ3n) is 4.59. The molecule has 0 bridgehead atoms. The number of nitro groups is 1. The third-order valence-corrected chi connectivity index (χ3v) is 7.48. The Morgan fingerprint density at radius 1 is 1.14 bits per heavy atom. The molecular weight excluding hydrogens is 464 g/mol. The highest BCUT2D eigenvalue weighted by atomic mass is 79.9. The first-order valence-electron chi connectivity index (χ1n) is 8.72. The van der Waals surface area contributed by atoms with Crippen molar-refractivity contribution in [1.29, 1.82) is 0 Å². The molecule has 1 aliphatic rings. The van der Waals surface area contributed by atoms with Gasteiger partial charge < -0.3 is 10.2 Å². The molecule has 1 heterocycles. The second-order valence-corrected chi connectivity index (χ2v) is 9.37. The average Bonchev–Trinajstić information content (AvgIpc) is 2.68. The molecule has 29 heavy (non-hydrogen) atoms. The average molecular weight is 483 g/mol. The predicted octanol–water partition coefficient (Wildman–Crippen LogP) is 2.55. The molecule has 1 fully saturated rings. The van der Waals surface area contributed by atoms with Crippen LogP contribution in [0, 0.1) is 10.1 Å². The number of hydrogen-bond acceptors (Lipinski definition) is 6. The smallest absolute Gasteiger partial charge is 0.271 e. The van der Waals surface area contributed by atoms with E-state index in [0.717, 1.165) is 0 Å². The number of piperazine rings is 1. The van der Waals surface area contributed by atoms with Gasteiger partial charge in [-0.05, 0) is 47.2 Å². The Balaban J connectivity index is 1.86. The number of carbonyl (C=O) groups excluding carboxylic acids is 1. The molecule has 0 saturated carbocycles. The lowest BCUT2D eigenvalue weighted by Gasteiger charge is -2.31. The molecular formula is C18H19BrN4O5S. The summed E-state index contributed by atoms with van der Waals surface area (Å²) in [4.78, 5) is 25.0. The van der Waals surface area contributed by atoms with Gasteiger partial charge in [0, 0.05) is 54.0 Å². The van der Waals surface area contributed by atoms with Gasteiger partial charge >= 0.3 is 0 Å². The Labute approximate surface area is 176 Å². The van der Waals surface area contributed by atoms with Crippen molar-refractivity contribution in [3.8, 4) is 0 Å². The first-order chi connectivity index (χ1) is 13.7. The van der Waals surface area contributed by atoms with E-state index in [1.165, 1.54) is 46.8 Å². The zero-order chi connectivity index (χ0) is 21.2. The second-order valence-electron chi connectivity index (χ2n) is 6.61. The van der Waals surface area contributed by atoms with Crippen molar-refractivity contribution in [1.82, 2.24) is 9.21 Å². The van der Waals surface area contributed by atoms with Crippen molar-refractivity contribution in [3.63, 3.8) is 0 Å². The number of nitrogens with zero attached hydrogens (tertiary/aromatic N) is 3. The van der Waals surface area contributed by atoms with E-state index in [0.29, 0.717) is 30.7 Å². The van der Waals surface area contributed by atoms with Crippen molar-refractivity contribution in [2.45, 2.75) is 4.90 Å². The number of hydrogen-bond donors (Lipinski definition) is 1. The molecule has 1 aliphatic heterocycles. The number of rotatable bonds is 5. The van der Waals surface area contributed by atoms with Gasteiger partial charge in [-0.25, -0.2) is 8.42 Å². The van der Waals surface area contributed by atoms with Crippen LogP contribution in [-0.4, -0.2) is 61.7 Å². The van der Waals surface area contributed by atoms with Gasteiger partial charge in [-0.15, -0.1) is 0 Å². The van der Waals surface area contributed by atoms with Crippen molar-refractivity contribution < 1.29 is 18.1 Å². The van der Waals surface area contributed by atoms with Crippen LogP contribution in [0.4, 0.5) is 11.4 Å². The molecule has 3 rings (SSSR count). The number of likely N-dealkylation sites (N-methyl/N-ethyl adjacent to an activating group) is 1. The molecule has 0 unspecified atom stereocenters. The molecule has 0 aromatic heterocycles. The van der Waals surface area contributed by atoms with Gasteiger partial charge in [0.2, 0.25) is 10.0 Å². The van der Waals surface area contributed by atoms with Gasteiger partial charge in [-0.2, -0.15) is 4.31 Å². The van der Waals surface area contributed by atoms with Crippen LogP contribution in [0.15, 0.2) is 51.8 Å². The molecule has 0 radical (unpaired) electrons. The summed E-state index contributed by atoms with van der Waals surface area (Å²) in [6.07, 6.45) is 0. The number of halogens is 1. The fourth-order valence-corrected chi connectivity index (χ4v) is 5.28. The minimum absolute atomic E-state index is 0.00810. The Bertz CT molecular complexity index is 1050. The maximum absolute atomic E-state index is 13.0. The lowest BCUT2D eigenvalue weighted by Crippen LogP contribution is -2.47. The monoisotopic (exact) mass is 482 g/mol. The first-order valence-corrected chi connectivity index (χ1v) is 11.0. The zero-order valence-corrected chi connectivity index (χ0v) is 17.9. The highest BCUT2D eigenvalue weighted by Crippen LogP contribution is 2.27. The lowest BCUT2D eigenvalue weighted by atomic mass is 10.2. The lowest BCUT2D eigenvalue weighted by molar-refractivity contribution is -0.384. The molecule has 1 amide bonds. The van der Waals surface area contributed by atoms with Crippen LogP contribution in [0.5, 0.6) is 0 Å². The Morgan fingerprint density at radius 3 is 2.48 bits per heavy atom. The van der Waals surface area contributed by atoms with E-state index < -0.39 is 20.9 Å². The summed E-state index contributed by atoms with van der Waals surface area (Å²) in [5.41, 5.74) is 0.222. The van der Waals surface area contributed by atoms with Crippen LogP contribution in [0.2, 0.25) is 0 Å². The van der Waals surface area contributed by atoms with Crippen LogP contribution in [0.1, 0.15) is 10.4 Å². The van der Waals surface area contributed by atoms with E-state index in [9.17, 15) is 23.3 Å². The van der Waals surface area contributed by atoms with Crippen LogP contribution < -0.4 is 5.32 Å². The number of nitro benzene ring substituents is 1. The van der Waals surface area contributed by atoms with E-state index >= 15 is 0 Å². The minimum atomic E-state index is -3.77. The quantitative estimate of drug-likeness (QED) is 0.517. The molecule has 11 heteroatoms. The van der Waals surface area contributed by atoms with Gasteiger partial charge in [0.05, 0.1) is 9.82 Å². The van der Waals surface area contributed by atoms with Crippen molar-refractivity contribution in [2.75, 3.05) is 38.5 Å². The Kier molecular flexibility index (Phi) is 6.32. The van der Waals surface area contributed by atoms with Crippen molar-refractivity contribution >= 4 is 43.2 Å². The number of amides is 1. The third kappa shape index (κ3) is 4.81. The molecule has 0 spiro atoms. The molecule has 0 aliphatic carbocycles. The summed E-state index contributed by atoms with van der Waals surface area (Å²) in [7, 11) is -1.84. The van der Waals surface area contributed by atoms with Gasteiger partial charge in [0.15, 0.2) is 0 Å². The van der Waals surface area contributed by atoms with Crippen LogP contribution in [-0.2, 0) is 10.0 Å². The van der Waals surface area contributed by atoms with Gasteiger partial charge in [-0.1, -0.05) is 6.07 Å². The van der Waals surface area contributed by atoms with E-state index in [-0.39, 0.29) is 21.8 Å².